The normalized spacial score (nSPS) is 13.2. The van der Waals surface area contributed by atoms with Crippen molar-refractivity contribution in [3.8, 4) is 5.75 Å². The van der Waals surface area contributed by atoms with Gasteiger partial charge in [0.2, 0.25) is 0 Å². The Hall–Kier alpha value is -2.74. The number of nitrogens with zero attached hydrogens (tertiary/aromatic N) is 3. The Labute approximate surface area is 191 Å². The Balaban J connectivity index is 1.99. The second-order valence-electron chi connectivity index (χ2n) is 9.82. The van der Waals surface area contributed by atoms with Crippen molar-refractivity contribution in [1.29, 1.82) is 0 Å². The van der Waals surface area contributed by atoms with E-state index >= 15 is 0 Å². The summed E-state index contributed by atoms with van der Waals surface area (Å²) in [6.07, 6.45) is 2.70. The summed E-state index contributed by atoms with van der Waals surface area (Å²) < 4.78 is 25.0. The van der Waals surface area contributed by atoms with E-state index in [1.54, 1.807) is 39.3 Å². The van der Waals surface area contributed by atoms with E-state index in [0.29, 0.717) is 17.1 Å². The van der Waals surface area contributed by atoms with E-state index in [4.69, 9.17) is 9.47 Å². The molecule has 8 heteroatoms. The zero-order valence-electron chi connectivity index (χ0n) is 20.0. The molecule has 2 heterocycles. The van der Waals surface area contributed by atoms with Crippen LogP contribution in [0.3, 0.4) is 0 Å². The highest BCUT2D eigenvalue weighted by Crippen LogP contribution is 2.35. The van der Waals surface area contributed by atoms with Gasteiger partial charge in [0.1, 0.15) is 23.7 Å². The fourth-order valence-corrected chi connectivity index (χ4v) is 4.17. The van der Waals surface area contributed by atoms with Gasteiger partial charge in [-0.25, -0.2) is 9.78 Å². The van der Waals surface area contributed by atoms with E-state index < -0.39 is 22.5 Å². The minimum absolute atomic E-state index is 0.148. The van der Waals surface area contributed by atoms with Crippen LogP contribution in [-0.4, -0.2) is 36.9 Å². The van der Waals surface area contributed by atoms with Crippen LogP contribution >= 0.6 is 0 Å². The Morgan fingerprint density at radius 3 is 2.44 bits per heavy atom. The molecular weight excluding hydrogens is 426 g/mol. The molecule has 0 aliphatic carbocycles. The quantitative estimate of drug-likeness (QED) is 0.540. The molecule has 3 rings (SSSR count). The van der Waals surface area contributed by atoms with Crippen molar-refractivity contribution in [2.75, 3.05) is 6.26 Å². The molecule has 32 heavy (non-hydrogen) atoms. The van der Waals surface area contributed by atoms with E-state index in [1.165, 1.54) is 4.68 Å². The van der Waals surface area contributed by atoms with Crippen LogP contribution in [0.5, 0.6) is 5.75 Å². The summed E-state index contributed by atoms with van der Waals surface area (Å²) in [5.41, 5.74) is 2.00. The zero-order valence-corrected chi connectivity index (χ0v) is 20.8. The summed E-state index contributed by atoms with van der Waals surface area (Å²) >= 11 is 0. The van der Waals surface area contributed by atoms with Gasteiger partial charge in [-0.15, -0.1) is 4.68 Å². The summed E-state index contributed by atoms with van der Waals surface area (Å²) in [6.45, 7) is 13.7. The first-order chi connectivity index (χ1) is 14.8. The van der Waals surface area contributed by atoms with Gasteiger partial charge < -0.3 is 9.47 Å². The lowest BCUT2D eigenvalue weighted by molar-refractivity contribution is 0.0520. The first-order valence-corrected chi connectivity index (χ1v) is 12.0. The highest BCUT2D eigenvalue weighted by atomic mass is 32.2. The monoisotopic (exact) mass is 457 g/mol. The molecule has 0 saturated carbocycles. The van der Waals surface area contributed by atoms with Gasteiger partial charge in [0.05, 0.1) is 10.8 Å². The number of benzene rings is 1. The van der Waals surface area contributed by atoms with Gasteiger partial charge in [-0.3, -0.25) is 4.21 Å². The SMILES string of the molecule is Cc1cc(OCc2nn(C(=O)OC(C)(C)C)c3ncccc23)c(C(C)(C)C)cc1S(C)=O. The number of carbonyl (C=O) groups excluding carboxylic acids is 1. The lowest BCUT2D eigenvalue weighted by Gasteiger charge is -2.24. The summed E-state index contributed by atoms with van der Waals surface area (Å²) in [7, 11) is -1.09. The van der Waals surface area contributed by atoms with Crippen molar-refractivity contribution in [1.82, 2.24) is 14.8 Å². The molecule has 3 aromatic rings. The molecule has 0 spiro atoms. The van der Waals surface area contributed by atoms with E-state index in [1.807, 2.05) is 25.1 Å². The predicted molar refractivity (Wildman–Crippen MR) is 126 cm³/mol. The van der Waals surface area contributed by atoms with E-state index in [-0.39, 0.29) is 12.0 Å². The Morgan fingerprint density at radius 2 is 1.84 bits per heavy atom. The van der Waals surface area contributed by atoms with Crippen LogP contribution in [0.15, 0.2) is 35.4 Å². The Bertz CT molecular complexity index is 1190. The fourth-order valence-electron chi connectivity index (χ4n) is 3.37. The first kappa shape index (κ1) is 23.9. The summed E-state index contributed by atoms with van der Waals surface area (Å²) in [6, 6.07) is 7.53. The number of pyridine rings is 1. The molecular formula is C24H31N3O4S. The molecule has 1 aromatic carbocycles. The molecule has 2 aromatic heterocycles. The number of rotatable bonds is 4. The standard InChI is InChI=1S/C24H31N3O4S/c1-15-12-19(17(23(2,3)4)13-20(15)32(8)29)30-14-18-16-10-9-11-25-21(16)27(26-18)22(28)31-24(5,6)7/h9-13H,14H2,1-8H3. The topological polar surface area (TPSA) is 83.3 Å². The third-order valence-corrected chi connectivity index (χ3v) is 5.90. The maximum Gasteiger partial charge on any atom is 0.437 e. The summed E-state index contributed by atoms with van der Waals surface area (Å²) in [5.74, 6) is 0.702. The molecule has 0 saturated heterocycles. The van der Waals surface area contributed by atoms with E-state index in [9.17, 15) is 9.00 Å². The van der Waals surface area contributed by atoms with Crippen LogP contribution in [0.2, 0.25) is 0 Å². The highest BCUT2D eigenvalue weighted by Gasteiger charge is 2.25. The summed E-state index contributed by atoms with van der Waals surface area (Å²) in [4.78, 5) is 17.8. The maximum atomic E-state index is 12.7. The molecule has 0 bridgehead atoms. The molecule has 0 amide bonds. The second kappa shape index (κ2) is 8.65. The van der Waals surface area contributed by atoms with Gasteiger partial charge in [-0.2, -0.15) is 5.10 Å². The fraction of sp³-hybridized carbons (Fsp3) is 0.458. The smallest absolute Gasteiger partial charge is 0.437 e. The molecule has 0 radical (unpaired) electrons. The highest BCUT2D eigenvalue weighted by molar-refractivity contribution is 7.84. The van der Waals surface area contributed by atoms with Gasteiger partial charge in [0.25, 0.3) is 0 Å². The minimum atomic E-state index is -1.09. The van der Waals surface area contributed by atoms with Gasteiger partial charge in [0, 0.05) is 28.3 Å². The van der Waals surface area contributed by atoms with Crippen molar-refractivity contribution < 1.29 is 18.5 Å². The number of aromatic nitrogens is 3. The average molecular weight is 458 g/mol. The van der Waals surface area contributed by atoms with Crippen molar-refractivity contribution >= 4 is 27.9 Å². The third-order valence-electron chi connectivity index (χ3n) is 4.84. The summed E-state index contributed by atoms with van der Waals surface area (Å²) in [5, 5.41) is 5.18. The first-order valence-electron chi connectivity index (χ1n) is 10.5. The van der Waals surface area contributed by atoms with Crippen LogP contribution in [-0.2, 0) is 27.6 Å². The van der Waals surface area contributed by atoms with E-state index in [0.717, 1.165) is 21.4 Å². The molecule has 0 aliphatic rings. The molecule has 0 N–H and O–H groups in total. The predicted octanol–water partition coefficient (Wildman–Crippen LogP) is 5.14. The van der Waals surface area contributed by atoms with Gasteiger partial charge in [0.15, 0.2) is 5.65 Å². The number of carbonyl (C=O) groups is 1. The number of fused-ring (bicyclic) bond motifs is 1. The molecule has 1 atom stereocenters. The van der Waals surface area contributed by atoms with Gasteiger partial charge >= 0.3 is 6.09 Å². The zero-order chi connectivity index (χ0) is 23.8. The molecule has 0 aliphatic heterocycles. The maximum absolute atomic E-state index is 12.7. The van der Waals surface area contributed by atoms with Crippen LogP contribution in [0.4, 0.5) is 4.79 Å². The van der Waals surface area contributed by atoms with E-state index in [2.05, 4.69) is 30.9 Å². The Kier molecular flexibility index (Phi) is 6.47. The molecule has 7 nitrogen and oxygen atoms in total. The van der Waals surface area contributed by atoms with Crippen LogP contribution in [0.25, 0.3) is 11.0 Å². The van der Waals surface area contributed by atoms with Crippen molar-refractivity contribution in [2.24, 2.45) is 0 Å². The largest absolute Gasteiger partial charge is 0.487 e. The van der Waals surface area contributed by atoms with Crippen LogP contribution < -0.4 is 4.74 Å². The number of hydrogen-bond acceptors (Lipinski definition) is 6. The Morgan fingerprint density at radius 1 is 1.16 bits per heavy atom. The number of hydrogen-bond donors (Lipinski definition) is 0. The third kappa shape index (κ3) is 5.18. The van der Waals surface area contributed by atoms with Crippen LogP contribution in [0.1, 0.15) is 58.4 Å². The number of ether oxygens (including phenoxy) is 2. The lowest BCUT2D eigenvalue weighted by Crippen LogP contribution is -2.28. The molecule has 172 valence electrons. The second-order valence-corrected chi connectivity index (χ2v) is 11.2. The average Bonchev–Trinajstić information content (AvgIpc) is 3.02. The van der Waals surface area contributed by atoms with Gasteiger partial charge in [-0.1, -0.05) is 20.8 Å². The van der Waals surface area contributed by atoms with Crippen LogP contribution in [0, 0.1) is 6.92 Å². The van der Waals surface area contributed by atoms with Gasteiger partial charge in [-0.05, 0) is 62.9 Å². The molecule has 0 fully saturated rings. The molecule has 1 unspecified atom stereocenters. The van der Waals surface area contributed by atoms with Crippen molar-refractivity contribution in [3.63, 3.8) is 0 Å². The van der Waals surface area contributed by atoms with Crippen molar-refractivity contribution in [3.05, 3.63) is 47.3 Å². The minimum Gasteiger partial charge on any atom is -0.487 e. The van der Waals surface area contributed by atoms with Crippen molar-refractivity contribution in [2.45, 2.75) is 71.0 Å². The lowest BCUT2D eigenvalue weighted by atomic mass is 9.86. The number of aryl methyl sites for hydroxylation is 1.